The minimum absolute atomic E-state index is 0.448. The number of aryl methyl sites for hydroxylation is 1. The molecule has 0 saturated carbocycles. The molecule has 1 atom stereocenters. The summed E-state index contributed by atoms with van der Waals surface area (Å²) in [5.41, 5.74) is 1.01. The van der Waals surface area contributed by atoms with Gasteiger partial charge in [-0.05, 0) is 19.1 Å². The third-order valence-corrected chi connectivity index (χ3v) is 4.85. The first-order valence-electron chi connectivity index (χ1n) is 8.37. The Hall–Kier alpha value is -2.47. The molecule has 0 bridgehead atoms. The molecule has 0 aliphatic carbocycles. The van der Waals surface area contributed by atoms with Crippen molar-refractivity contribution in [3.8, 4) is 0 Å². The second-order valence-electron chi connectivity index (χ2n) is 6.43. The first-order chi connectivity index (χ1) is 11.7. The van der Waals surface area contributed by atoms with Gasteiger partial charge in [0.25, 0.3) is 0 Å². The number of hydrogen-bond acceptors (Lipinski definition) is 5. The number of nitrogens with zero attached hydrogens (tertiary/aromatic N) is 6. The van der Waals surface area contributed by atoms with Gasteiger partial charge < -0.3 is 9.47 Å². The Bertz CT molecular complexity index is 837. The van der Waals surface area contributed by atoms with Gasteiger partial charge in [-0.3, -0.25) is 4.90 Å². The van der Waals surface area contributed by atoms with Crippen molar-refractivity contribution < 1.29 is 0 Å². The predicted octanol–water partition coefficient (Wildman–Crippen LogP) is 2.07. The van der Waals surface area contributed by atoms with Gasteiger partial charge in [0.05, 0.1) is 12.1 Å². The van der Waals surface area contributed by atoms with E-state index in [0.29, 0.717) is 6.04 Å². The average Bonchev–Trinajstić information content (AvgIpc) is 3.01. The summed E-state index contributed by atoms with van der Waals surface area (Å²) in [7, 11) is 2.05. The molecule has 4 rings (SSSR count). The van der Waals surface area contributed by atoms with Crippen LogP contribution in [0.5, 0.6) is 0 Å². The molecule has 1 saturated heterocycles. The summed E-state index contributed by atoms with van der Waals surface area (Å²) < 4.78 is 2.09. The predicted molar refractivity (Wildman–Crippen MR) is 94.8 cm³/mol. The third kappa shape index (κ3) is 2.73. The Kier molecular flexibility index (Phi) is 3.90. The summed E-state index contributed by atoms with van der Waals surface area (Å²) in [6.07, 6.45) is 5.54. The van der Waals surface area contributed by atoms with Crippen LogP contribution in [0.3, 0.4) is 0 Å². The summed E-state index contributed by atoms with van der Waals surface area (Å²) in [4.78, 5) is 18.2. The van der Waals surface area contributed by atoms with Gasteiger partial charge in [0.2, 0.25) is 0 Å². The maximum atomic E-state index is 4.56. The molecule has 2 aromatic heterocycles. The van der Waals surface area contributed by atoms with Gasteiger partial charge >= 0.3 is 0 Å². The largest absolute Gasteiger partial charge is 0.353 e. The molecule has 3 heterocycles. The standard InChI is InChI=1S/C18H22N6/c1-14-11-24(10-9-23(14)12-17-19-7-8-22(17)2)18-15-5-3-4-6-16(15)20-13-21-18/h3-8,13-14H,9-12H2,1-2H3. The number of fused-ring (bicyclic) bond motifs is 1. The van der Waals surface area contributed by atoms with Gasteiger partial charge in [-0.15, -0.1) is 0 Å². The van der Waals surface area contributed by atoms with E-state index in [9.17, 15) is 0 Å². The Morgan fingerprint density at radius 3 is 2.79 bits per heavy atom. The molecule has 3 aromatic rings. The molecule has 0 radical (unpaired) electrons. The van der Waals surface area contributed by atoms with E-state index in [1.165, 1.54) is 0 Å². The van der Waals surface area contributed by atoms with E-state index in [1.807, 2.05) is 24.5 Å². The number of anilines is 1. The molecule has 1 aliphatic rings. The summed E-state index contributed by atoms with van der Waals surface area (Å²) in [6.45, 7) is 6.11. The quantitative estimate of drug-likeness (QED) is 0.739. The fraction of sp³-hybridized carbons (Fsp3) is 0.389. The highest BCUT2D eigenvalue weighted by Crippen LogP contribution is 2.25. The van der Waals surface area contributed by atoms with Crippen LogP contribution in [0.4, 0.5) is 5.82 Å². The van der Waals surface area contributed by atoms with E-state index in [2.05, 4.69) is 55.4 Å². The second kappa shape index (κ2) is 6.20. The Labute approximate surface area is 141 Å². The van der Waals surface area contributed by atoms with Crippen molar-refractivity contribution >= 4 is 16.7 Å². The minimum Gasteiger partial charge on any atom is -0.353 e. The molecule has 1 fully saturated rings. The molecule has 124 valence electrons. The molecular formula is C18H22N6. The molecule has 1 unspecified atom stereocenters. The lowest BCUT2D eigenvalue weighted by Gasteiger charge is -2.40. The van der Waals surface area contributed by atoms with E-state index in [0.717, 1.165) is 48.7 Å². The number of hydrogen-bond donors (Lipinski definition) is 0. The van der Waals surface area contributed by atoms with E-state index < -0.39 is 0 Å². The van der Waals surface area contributed by atoms with E-state index in [-0.39, 0.29) is 0 Å². The molecule has 1 aliphatic heterocycles. The molecule has 0 N–H and O–H groups in total. The fourth-order valence-electron chi connectivity index (χ4n) is 3.40. The van der Waals surface area contributed by atoms with Crippen LogP contribution in [0, 0.1) is 0 Å². The van der Waals surface area contributed by atoms with E-state index >= 15 is 0 Å². The zero-order valence-electron chi connectivity index (χ0n) is 14.1. The maximum absolute atomic E-state index is 4.56. The van der Waals surface area contributed by atoms with Crippen LogP contribution in [0.25, 0.3) is 10.9 Å². The molecule has 1 aromatic carbocycles. The molecule has 0 spiro atoms. The summed E-state index contributed by atoms with van der Waals surface area (Å²) in [5.74, 6) is 2.16. The van der Waals surface area contributed by atoms with Crippen molar-refractivity contribution in [3.63, 3.8) is 0 Å². The van der Waals surface area contributed by atoms with Crippen LogP contribution in [-0.2, 0) is 13.6 Å². The SMILES string of the molecule is CC1CN(c2ncnc3ccccc23)CCN1Cc1nccn1C. The number of para-hydroxylation sites is 1. The Morgan fingerprint density at radius 1 is 1.12 bits per heavy atom. The van der Waals surface area contributed by atoms with Crippen molar-refractivity contribution in [2.24, 2.45) is 7.05 Å². The van der Waals surface area contributed by atoms with Gasteiger partial charge in [-0.25, -0.2) is 15.0 Å². The monoisotopic (exact) mass is 322 g/mol. The normalized spacial score (nSPS) is 19.1. The van der Waals surface area contributed by atoms with Gasteiger partial charge in [0.15, 0.2) is 0 Å². The third-order valence-electron chi connectivity index (χ3n) is 4.85. The van der Waals surface area contributed by atoms with Crippen molar-refractivity contribution in [2.45, 2.75) is 19.5 Å². The highest BCUT2D eigenvalue weighted by Gasteiger charge is 2.26. The Morgan fingerprint density at radius 2 is 2.00 bits per heavy atom. The van der Waals surface area contributed by atoms with E-state index in [4.69, 9.17) is 0 Å². The Balaban J connectivity index is 1.53. The van der Waals surface area contributed by atoms with Crippen LogP contribution in [0.15, 0.2) is 43.0 Å². The van der Waals surface area contributed by atoms with Crippen LogP contribution in [0.2, 0.25) is 0 Å². The smallest absolute Gasteiger partial charge is 0.139 e. The van der Waals surface area contributed by atoms with Gasteiger partial charge in [-0.1, -0.05) is 12.1 Å². The summed E-state index contributed by atoms with van der Waals surface area (Å²) >= 11 is 0. The fourth-order valence-corrected chi connectivity index (χ4v) is 3.40. The molecule has 6 heteroatoms. The summed E-state index contributed by atoms with van der Waals surface area (Å²) in [5, 5.41) is 1.13. The van der Waals surface area contributed by atoms with Crippen molar-refractivity contribution in [1.29, 1.82) is 0 Å². The number of piperazine rings is 1. The van der Waals surface area contributed by atoms with Crippen molar-refractivity contribution in [1.82, 2.24) is 24.4 Å². The first-order valence-corrected chi connectivity index (χ1v) is 8.37. The first kappa shape index (κ1) is 15.1. The zero-order chi connectivity index (χ0) is 16.5. The topological polar surface area (TPSA) is 50.1 Å². The lowest BCUT2D eigenvalue weighted by atomic mass is 10.1. The summed E-state index contributed by atoms with van der Waals surface area (Å²) in [6, 6.07) is 8.67. The highest BCUT2D eigenvalue weighted by molar-refractivity contribution is 5.89. The minimum atomic E-state index is 0.448. The van der Waals surface area contributed by atoms with Crippen molar-refractivity contribution in [2.75, 3.05) is 24.5 Å². The van der Waals surface area contributed by atoms with Gasteiger partial charge in [0.1, 0.15) is 18.0 Å². The highest BCUT2D eigenvalue weighted by atomic mass is 15.3. The lowest BCUT2D eigenvalue weighted by Crippen LogP contribution is -2.52. The lowest BCUT2D eigenvalue weighted by molar-refractivity contribution is 0.175. The van der Waals surface area contributed by atoms with Crippen molar-refractivity contribution in [3.05, 3.63) is 48.8 Å². The number of aromatic nitrogens is 4. The van der Waals surface area contributed by atoms with Crippen LogP contribution >= 0.6 is 0 Å². The van der Waals surface area contributed by atoms with Crippen LogP contribution in [0.1, 0.15) is 12.7 Å². The van der Waals surface area contributed by atoms with Gasteiger partial charge in [-0.2, -0.15) is 0 Å². The van der Waals surface area contributed by atoms with E-state index in [1.54, 1.807) is 6.33 Å². The average molecular weight is 322 g/mol. The molecule has 0 amide bonds. The zero-order valence-corrected chi connectivity index (χ0v) is 14.1. The van der Waals surface area contributed by atoms with Crippen LogP contribution < -0.4 is 4.90 Å². The van der Waals surface area contributed by atoms with Crippen LogP contribution in [-0.4, -0.2) is 50.1 Å². The molecular weight excluding hydrogens is 300 g/mol. The maximum Gasteiger partial charge on any atom is 0.139 e. The number of benzene rings is 1. The second-order valence-corrected chi connectivity index (χ2v) is 6.43. The number of imidazole rings is 1. The molecule has 24 heavy (non-hydrogen) atoms. The molecule has 6 nitrogen and oxygen atoms in total. The number of rotatable bonds is 3. The van der Waals surface area contributed by atoms with Gasteiger partial charge in [0, 0.05) is 50.5 Å².